The standard InChI is InChI=1S/C23H32N4O/c1-15(2)4-11-21-25-26-22(27(21)19-9-10-19)12-13-23(28)24-20-14-18(17-7-8-17)6-5-16(20)3/h5-6,14-15,17,19H,4,7-13H2,1-3H3,(H,24,28). The largest absolute Gasteiger partial charge is 0.326 e. The molecule has 2 aromatic rings. The molecule has 0 radical (unpaired) electrons. The van der Waals surface area contributed by atoms with Crippen molar-refractivity contribution in [3.8, 4) is 0 Å². The molecule has 2 aliphatic rings. The molecular weight excluding hydrogens is 348 g/mol. The van der Waals surface area contributed by atoms with Crippen LogP contribution < -0.4 is 5.32 Å². The first-order chi connectivity index (χ1) is 13.5. The van der Waals surface area contributed by atoms with Crippen molar-refractivity contribution in [3.63, 3.8) is 0 Å². The fourth-order valence-electron chi connectivity index (χ4n) is 3.76. The van der Waals surface area contributed by atoms with Gasteiger partial charge in [0.2, 0.25) is 5.91 Å². The minimum Gasteiger partial charge on any atom is -0.326 e. The molecule has 5 nitrogen and oxygen atoms in total. The summed E-state index contributed by atoms with van der Waals surface area (Å²) in [5.41, 5.74) is 3.43. The molecule has 1 N–H and O–H groups in total. The molecule has 2 saturated carbocycles. The maximum absolute atomic E-state index is 12.6. The van der Waals surface area contributed by atoms with Gasteiger partial charge in [0, 0.05) is 31.0 Å². The minimum atomic E-state index is 0.0603. The molecule has 1 heterocycles. The van der Waals surface area contributed by atoms with Crippen LogP contribution in [0.3, 0.4) is 0 Å². The van der Waals surface area contributed by atoms with Crippen LogP contribution in [0.1, 0.15) is 87.1 Å². The van der Waals surface area contributed by atoms with Crippen molar-refractivity contribution in [2.45, 2.75) is 84.1 Å². The zero-order chi connectivity index (χ0) is 19.7. The molecule has 1 aromatic heterocycles. The van der Waals surface area contributed by atoms with Crippen molar-refractivity contribution >= 4 is 11.6 Å². The van der Waals surface area contributed by atoms with Crippen LogP contribution in [0.25, 0.3) is 0 Å². The van der Waals surface area contributed by atoms with Crippen LogP contribution in [-0.4, -0.2) is 20.7 Å². The Morgan fingerprint density at radius 3 is 2.50 bits per heavy atom. The smallest absolute Gasteiger partial charge is 0.224 e. The average Bonchev–Trinajstić information content (AvgIpc) is 3.58. The van der Waals surface area contributed by atoms with Crippen LogP contribution in [0.15, 0.2) is 18.2 Å². The lowest BCUT2D eigenvalue weighted by Gasteiger charge is -2.12. The monoisotopic (exact) mass is 380 g/mol. The van der Waals surface area contributed by atoms with E-state index in [9.17, 15) is 4.79 Å². The summed E-state index contributed by atoms with van der Waals surface area (Å²) in [5.74, 6) is 3.48. The normalized spacial score (nSPS) is 16.6. The van der Waals surface area contributed by atoms with Crippen molar-refractivity contribution in [1.82, 2.24) is 14.8 Å². The second-order valence-electron chi connectivity index (χ2n) is 8.96. The van der Waals surface area contributed by atoms with Gasteiger partial charge in [0.25, 0.3) is 0 Å². The highest BCUT2D eigenvalue weighted by atomic mass is 16.1. The number of aromatic nitrogens is 3. The minimum absolute atomic E-state index is 0.0603. The molecule has 150 valence electrons. The molecule has 1 aromatic carbocycles. The Hall–Kier alpha value is -2.17. The summed E-state index contributed by atoms with van der Waals surface area (Å²) < 4.78 is 2.31. The van der Waals surface area contributed by atoms with Crippen LogP contribution in [0, 0.1) is 12.8 Å². The number of hydrogen-bond donors (Lipinski definition) is 1. The van der Waals surface area contributed by atoms with Gasteiger partial charge < -0.3 is 9.88 Å². The Morgan fingerprint density at radius 2 is 1.86 bits per heavy atom. The van der Waals surface area contributed by atoms with E-state index in [4.69, 9.17) is 0 Å². The first-order valence-electron chi connectivity index (χ1n) is 10.8. The highest BCUT2D eigenvalue weighted by molar-refractivity contribution is 5.91. The molecule has 0 atom stereocenters. The lowest BCUT2D eigenvalue weighted by molar-refractivity contribution is -0.116. The summed E-state index contributed by atoms with van der Waals surface area (Å²) in [6.45, 7) is 6.53. The SMILES string of the molecule is Cc1ccc(C2CC2)cc1NC(=O)CCc1nnc(CCC(C)C)n1C1CC1. The van der Waals surface area contributed by atoms with Crippen molar-refractivity contribution in [3.05, 3.63) is 41.0 Å². The van der Waals surface area contributed by atoms with E-state index in [1.165, 1.54) is 31.2 Å². The van der Waals surface area contributed by atoms with Gasteiger partial charge in [-0.05, 0) is 68.1 Å². The molecular formula is C23H32N4O. The summed E-state index contributed by atoms with van der Waals surface area (Å²) in [5, 5.41) is 12.0. The number of aryl methyl sites for hydroxylation is 3. The molecule has 0 spiro atoms. The molecule has 0 aliphatic heterocycles. The molecule has 0 bridgehead atoms. The number of rotatable bonds is 9. The first kappa shape index (κ1) is 19.2. The fraction of sp³-hybridized carbons (Fsp3) is 0.609. The fourth-order valence-corrected chi connectivity index (χ4v) is 3.76. The maximum atomic E-state index is 12.6. The second kappa shape index (κ2) is 8.06. The number of anilines is 1. The number of carbonyl (C=O) groups excluding carboxylic acids is 1. The number of carbonyl (C=O) groups is 1. The molecule has 4 rings (SSSR count). The van der Waals surface area contributed by atoms with Gasteiger partial charge in [-0.2, -0.15) is 0 Å². The Labute approximate surface area is 167 Å². The number of nitrogens with one attached hydrogen (secondary N) is 1. The summed E-state index contributed by atoms with van der Waals surface area (Å²) >= 11 is 0. The van der Waals surface area contributed by atoms with E-state index in [2.05, 4.69) is 59.1 Å². The van der Waals surface area contributed by atoms with Gasteiger partial charge in [-0.15, -0.1) is 10.2 Å². The Bertz CT molecular complexity index is 846. The van der Waals surface area contributed by atoms with E-state index in [-0.39, 0.29) is 5.91 Å². The van der Waals surface area contributed by atoms with Crippen LogP contribution >= 0.6 is 0 Å². The zero-order valence-corrected chi connectivity index (χ0v) is 17.4. The zero-order valence-electron chi connectivity index (χ0n) is 17.4. The van der Waals surface area contributed by atoms with Crippen LogP contribution in [0.5, 0.6) is 0 Å². The molecule has 5 heteroatoms. The highest BCUT2D eigenvalue weighted by Gasteiger charge is 2.29. The van der Waals surface area contributed by atoms with E-state index in [1.807, 2.05) is 0 Å². The lowest BCUT2D eigenvalue weighted by Crippen LogP contribution is -2.15. The quantitative estimate of drug-likeness (QED) is 0.669. The van der Waals surface area contributed by atoms with Gasteiger partial charge in [0.15, 0.2) is 0 Å². The lowest BCUT2D eigenvalue weighted by atomic mass is 10.1. The molecule has 1 amide bonds. The van der Waals surface area contributed by atoms with Gasteiger partial charge >= 0.3 is 0 Å². The highest BCUT2D eigenvalue weighted by Crippen LogP contribution is 2.41. The van der Waals surface area contributed by atoms with E-state index in [1.54, 1.807) is 0 Å². The first-order valence-corrected chi connectivity index (χ1v) is 10.8. The topological polar surface area (TPSA) is 59.8 Å². The summed E-state index contributed by atoms with van der Waals surface area (Å²) in [7, 11) is 0. The Morgan fingerprint density at radius 1 is 1.14 bits per heavy atom. The van der Waals surface area contributed by atoms with E-state index in [0.29, 0.717) is 30.7 Å². The van der Waals surface area contributed by atoms with Crippen molar-refractivity contribution < 1.29 is 4.79 Å². The van der Waals surface area contributed by atoms with Gasteiger partial charge in [-0.3, -0.25) is 4.79 Å². The van der Waals surface area contributed by atoms with E-state index < -0.39 is 0 Å². The van der Waals surface area contributed by atoms with Gasteiger partial charge in [-0.1, -0.05) is 26.0 Å². The molecule has 0 saturated heterocycles. The number of benzene rings is 1. The van der Waals surface area contributed by atoms with Crippen LogP contribution in [-0.2, 0) is 17.6 Å². The van der Waals surface area contributed by atoms with Gasteiger partial charge in [0.05, 0.1) is 0 Å². The van der Waals surface area contributed by atoms with Crippen molar-refractivity contribution in [2.24, 2.45) is 5.92 Å². The number of hydrogen-bond acceptors (Lipinski definition) is 3. The molecule has 2 aliphatic carbocycles. The van der Waals surface area contributed by atoms with Crippen LogP contribution in [0.4, 0.5) is 5.69 Å². The number of amides is 1. The maximum Gasteiger partial charge on any atom is 0.224 e. The average molecular weight is 381 g/mol. The number of nitrogens with zero attached hydrogens (tertiary/aromatic N) is 3. The van der Waals surface area contributed by atoms with Crippen molar-refractivity contribution in [2.75, 3.05) is 5.32 Å². The van der Waals surface area contributed by atoms with E-state index in [0.717, 1.165) is 35.7 Å². The van der Waals surface area contributed by atoms with Crippen molar-refractivity contribution in [1.29, 1.82) is 0 Å². The molecule has 28 heavy (non-hydrogen) atoms. The second-order valence-corrected chi connectivity index (χ2v) is 8.96. The summed E-state index contributed by atoms with van der Waals surface area (Å²) in [6.07, 6.45) is 8.15. The third kappa shape index (κ3) is 4.62. The Kier molecular flexibility index (Phi) is 5.51. The third-order valence-electron chi connectivity index (χ3n) is 5.85. The Balaban J connectivity index is 1.38. The third-order valence-corrected chi connectivity index (χ3v) is 5.85. The van der Waals surface area contributed by atoms with Crippen LogP contribution in [0.2, 0.25) is 0 Å². The van der Waals surface area contributed by atoms with Gasteiger partial charge in [0.1, 0.15) is 11.6 Å². The predicted octanol–water partition coefficient (Wildman–Crippen LogP) is 4.96. The predicted molar refractivity (Wildman–Crippen MR) is 112 cm³/mol. The summed E-state index contributed by atoms with van der Waals surface area (Å²) in [4.78, 5) is 12.6. The molecule has 2 fully saturated rings. The van der Waals surface area contributed by atoms with E-state index >= 15 is 0 Å². The summed E-state index contributed by atoms with van der Waals surface area (Å²) in [6, 6.07) is 7.02. The molecule has 0 unspecified atom stereocenters. The van der Waals surface area contributed by atoms with Gasteiger partial charge in [-0.25, -0.2) is 0 Å².